The van der Waals surface area contributed by atoms with Crippen molar-refractivity contribution >= 4 is 6.09 Å². The standard InChI is InChI=1S/C26H24FNO5/c27-20-8-6-18(7-9-20)23-12-13-28(26(29)33-21-4-2-1-3-5-21)15-19(23)16-30-22-10-11-24-25(14-22)32-17-31-24/h1-11,14,19,23H,12-13,15-17H2. The fraction of sp³-hybridized carbons (Fsp3) is 0.269. The van der Waals surface area contributed by atoms with Crippen LogP contribution in [0.1, 0.15) is 17.9 Å². The van der Waals surface area contributed by atoms with Crippen LogP contribution in [0, 0.1) is 11.7 Å². The number of benzene rings is 3. The Hall–Kier alpha value is -3.74. The van der Waals surface area contributed by atoms with Crippen molar-refractivity contribution in [3.8, 4) is 23.0 Å². The van der Waals surface area contributed by atoms with E-state index in [4.69, 9.17) is 18.9 Å². The van der Waals surface area contributed by atoms with Gasteiger partial charge in [-0.15, -0.1) is 0 Å². The van der Waals surface area contributed by atoms with Gasteiger partial charge in [0.05, 0.1) is 6.61 Å². The Morgan fingerprint density at radius 3 is 2.58 bits per heavy atom. The highest BCUT2D eigenvalue weighted by Crippen LogP contribution is 2.37. The largest absolute Gasteiger partial charge is 0.493 e. The number of halogens is 1. The van der Waals surface area contributed by atoms with Gasteiger partial charge in [0.25, 0.3) is 0 Å². The van der Waals surface area contributed by atoms with Crippen LogP contribution in [-0.2, 0) is 0 Å². The molecule has 7 heteroatoms. The fourth-order valence-electron chi connectivity index (χ4n) is 4.34. The molecule has 0 bridgehead atoms. The molecule has 2 unspecified atom stereocenters. The highest BCUT2D eigenvalue weighted by atomic mass is 19.1. The SMILES string of the molecule is O=C(Oc1ccccc1)N1CCC(c2ccc(F)cc2)C(COc2ccc3c(c2)OCO3)C1. The first-order chi connectivity index (χ1) is 16.2. The molecule has 5 rings (SSSR count). The molecule has 1 amide bonds. The first-order valence-electron chi connectivity index (χ1n) is 11.0. The lowest BCUT2D eigenvalue weighted by atomic mass is 9.81. The molecule has 0 spiro atoms. The lowest BCUT2D eigenvalue weighted by Gasteiger charge is -2.38. The van der Waals surface area contributed by atoms with Crippen LogP contribution in [0.5, 0.6) is 23.0 Å². The number of nitrogens with zero attached hydrogens (tertiary/aromatic N) is 1. The Labute approximate surface area is 191 Å². The number of hydrogen-bond acceptors (Lipinski definition) is 5. The van der Waals surface area contributed by atoms with E-state index in [0.717, 1.165) is 12.0 Å². The maximum atomic E-state index is 13.5. The summed E-state index contributed by atoms with van der Waals surface area (Å²) in [6, 6.07) is 21.1. The smallest absolute Gasteiger partial charge is 0.415 e. The highest BCUT2D eigenvalue weighted by molar-refractivity contribution is 5.70. The fourth-order valence-corrected chi connectivity index (χ4v) is 4.34. The minimum atomic E-state index is -0.383. The van der Waals surface area contributed by atoms with Crippen LogP contribution in [0.15, 0.2) is 72.8 Å². The van der Waals surface area contributed by atoms with Gasteiger partial charge in [-0.25, -0.2) is 9.18 Å². The molecule has 6 nitrogen and oxygen atoms in total. The molecule has 170 valence electrons. The predicted molar refractivity (Wildman–Crippen MR) is 119 cm³/mol. The number of amides is 1. The molecule has 1 fully saturated rings. The number of piperidine rings is 1. The Balaban J connectivity index is 1.31. The maximum Gasteiger partial charge on any atom is 0.415 e. The van der Waals surface area contributed by atoms with Crippen LogP contribution in [-0.4, -0.2) is 37.5 Å². The van der Waals surface area contributed by atoms with Crippen molar-refractivity contribution in [1.82, 2.24) is 4.90 Å². The Bertz CT molecular complexity index is 1110. The molecule has 2 heterocycles. The second-order valence-corrected chi connectivity index (χ2v) is 8.16. The third-order valence-electron chi connectivity index (χ3n) is 6.05. The first-order valence-corrected chi connectivity index (χ1v) is 11.0. The zero-order valence-corrected chi connectivity index (χ0v) is 18.0. The third-order valence-corrected chi connectivity index (χ3v) is 6.05. The van der Waals surface area contributed by atoms with Gasteiger partial charge in [-0.05, 0) is 54.3 Å². The number of ether oxygens (including phenoxy) is 4. The summed E-state index contributed by atoms with van der Waals surface area (Å²) in [6.07, 6.45) is 0.344. The molecule has 0 aromatic heterocycles. The normalized spacial score (nSPS) is 19.2. The van der Waals surface area contributed by atoms with Gasteiger partial charge in [0.2, 0.25) is 6.79 Å². The summed E-state index contributed by atoms with van der Waals surface area (Å²) < 4.78 is 35.9. The van der Waals surface area contributed by atoms with Crippen molar-refractivity contribution in [3.63, 3.8) is 0 Å². The van der Waals surface area contributed by atoms with Gasteiger partial charge in [0.15, 0.2) is 11.5 Å². The summed E-state index contributed by atoms with van der Waals surface area (Å²) in [5, 5.41) is 0. The van der Waals surface area contributed by atoms with E-state index in [1.807, 2.05) is 42.5 Å². The van der Waals surface area contributed by atoms with Gasteiger partial charge in [-0.1, -0.05) is 30.3 Å². The second kappa shape index (κ2) is 9.40. The molecule has 3 aromatic carbocycles. The van der Waals surface area contributed by atoms with Gasteiger partial charge >= 0.3 is 6.09 Å². The van der Waals surface area contributed by atoms with Gasteiger partial charge in [-0.3, -0.25) is 0 Å². The number of likely N-dealkylation sites (tertiary alicyclic amines) is 1. The van der Waals surface area contributed by atoms with Gasteiger partial charge in [0, 0.05) is 25.1 Å². The molecule has 0 radical (unpaired) electrons. The lowest BCUT2D eigenvalue weighted by molar-refractivity contribution is 0.0982. The Morgan fingerprint density at radius 1 is 0.970 bits per heavy atom. The molecule has 33 heavy (non-hydrogen) atoms. The van der Waals surface area contributed by atoms with E-state index < -0.39 is 0 Å². The van der Waals surface area contributed by atoms with E-state index >= 15 is 0 Å². The summed E-state index contributed by atoms with van der Waals surface area (Å²) in [7, 11) is 0. The minimum absolute atomic E-state index is 0.00189. The molecule has 2 atom stereocenters. The van der Waals surface area contributed by atoms with E-state index in [1.54, 1.807) is 23.1 Å². The number of carbonyl (C=O) groups excluding carboxylic acids is 1. The van der Waals surface area contributed by atoms with E-state index in [9.17, 15) is 9.18 Å². The molecule has 0 N–H and O–H groups in total. The van der Waals surface area contributed by atoms with E-state index in [1.165, 1.54) is 12.1 Å². The highest BCUT2D eigenvalue weighted by Gasteiger charge is 2.34. The zero-order chi connectivity index (χ0) is 22.6. The quantitative estimate of drug-likeness (QED) is 0.533. The average Bonchev–Trinajstić information content (AvgIpc) is 3.32. The first kappa shape index (κ1) is 21.1. The van der Waals surface area contributed by atoms with Crippen LogP contribution in [0.25, 0.3) is 0 Å². The molecule has 0 aliphatic carbocycles. The number of fused-ring (bicyclic) bond motifs is 1. The van der Waals surface area contributed by atoms with Gasteiger partial charge in [0.1, 0.15) is 17.3 Å². The topological polar surface area (TPSA) is 57.2 Å². The summed E-state index contributed by atoms with van der Waals surface area (Å²) in [5.74, 6) is 2.38. The molecular formula is C26H24FNO5. The van der Waals surface area contributed by atoms with Crippen molar-refractivity contribution in [2.45, 2.75) is 12.3 Å². The summed E-state index contributed by atoms with van der Waals surface area (Å²) in [4.78, 5) is 14.5. The van der Waals surface area contributed by atoms with Crippen LogP contribution in [0.2, 0.25) is 0 Å². The third kappa shape index (κ3) is 4.87. The molecule has 2 aliphatic rings. The van der Waals surface area contributed by atoms with Crippen molar-refractivity contribution in [2.75, 3.05) is 26.5 Å². The molecule has 3 aromatic rings. The monoisotopic (exact) mass is 449 g/mol. The number of rotatable bonds is 5. The second-order valence-electron chi connectivity index (χ2n) is 8.16. The molecule has 1 saturated heterocycles. The maximum absolute atomic E-state index is 13.5. The van der Waals surface area contributed by atoms with Crippen molar-refractivity contribution < 1.29 is 28.1 Å². The summed E-state index contributed by atoms with van der Waals surface area (Å²) in [6.45, 7) is 1.61. The number of hydrogen-bond donors (Lipinski definition) is 0. The van der Waals surface area contributed by atoms with Gasteiger partial charge < -0.3 is 23.8 Å². The lowest BCUT2D eigenvalue weighted by Crippen LogP contribution is -2.46. The number of para-hydroxylation sites is 1. The summed E-state index contributed by atoms with van der Waals surface area (Å²) in [5.41, 5.74) is 1.03. The van der Waals surface area contributed by atoms with Gasteiger partial charge in [-0.2, -0.15) is 0 Å². The van der Waals surface area contributed by atoms with Crippen molar-refractivity contribution in [2.24, 2.45) is 5.92 Å². The minimum Gasteiger partial charge on any atom is -0.493 e. The Morgan fingerprint density at radius 2 is 1.76 bits per heavy atom. The van der Waals surface area contributed by atoms with Crippen LogP contribution >= 0.6 is 0 Å². The predicted octanol–water partition coefficient (Wildman–Crippen LogP) is 5.24. The Kier molecular flexibility index (Phi) is 6.02. The van der Waals surface area contributed by atoms with Crippen molar-refractivity contribution in [3.05, 3.63) is 84.2 Å². The van der Waals surface area contributed by atoms with E-state index in [-0.39, 0.29) is 30.5 Å². The van der Waals surface area contributed by atoms with Crippen LogP contribution < -0.4 is 18.9 Å². The molecular weight excluding hydrogens is 425 g/mol. The zero-order valence-electron chi connectivity index (χ0n) is 18.0. The molecule has 2 aliphatic heterocycles. The molecule has 0 saturated carbocycles. The van der Waals surface area contributed by atoms with Crippen LogP contribution in [0.3, 0.4) is 0 Å². The average molecular weight is 449 g/mol. The van der Waals surface area contributed by atoms with E-state index in [0.29, 0.717) is 42.7 Å². The summed E-state index contributed by atoms with van der Waals surface area (Å²) >= 11 is 0. The van der Waals surface area contributed by atoms with E-state index in [2.05, 4.69) is 0 Å². The van der Waals surface area contributed by atoms with Crippen LogP contribution in [0.4, 0.5) is 9.18 Å². The number of carbonyl (C=O) groups is 1. The van der Waals surface area contributed by atoms with Crippen molar-refractivity contribution in [1.29, 1.82) is 0 Å².